The van der Waals surface area contributed by atoms with Crippen molar-refractivity contribution >= 4 is 22.5 Å². The third-order valence-corrected chi connectivity index (χ3v) is 3.88. The van der Waals surface area contributed by atoms with Crippen molar-refractivity contribution in [2.75, 3.05) is 32.6 Å². The SMILES string of the molecule is CNCCCCNc1nc2ccc(OC)cc2[n+]2c(C)[nH]nc12. The molecule has 0 aliphatic carbocycles. The number of unbranched alkanes of at least 4 members (excludes halogenated alkanes) is 1. The molecule has 3 rings (SSSR count). The number of ether oxygens (including phenoxy) is 1. The van der Waals surface area contributed by atoms with Gasteiger partial charge in [-0.1, -0.05) is 0 Å². The van der Waals surface area contributed by atoms with Crippen LogP contribution in [0.15, 0.2) is 18.2 Å². The van der Waals surface area contributed by atoms with Crippen LogP contribution in [0.3, 0.4) is 0 Å². The van der Waals surface area contributed by atoms with Crippen molar-refractivity contribution in [1.82, 2.24) is 20.5 Å². The molecule has 0 spiro atoms. The average Bonchev–Trinajstić information content (AvgIpc) is 2.96. The first-order valence-electron chi connectivity index (χ1n) is 7.87. The fourth-order valence-corrected chi connectivity index (χ4v) is 2.67. The Morgan fingerprint density at radius 1 is 1.26 bits per heavy atom. The summed E-state index contributed by atoms with van der Waals surface area (Å²) in [5.41, 5.74) is 2.69. The first kappa shape index (κ1) is 15.5. The maximum atomic E-state index is 5.33. The lowest BCUT2D eigenvalue weighted by atomic mass is 10.2. The van der Waals surface area contributed by atoms with Crippen LogP contribution < -0.4 is 19.8 Å². The number of rotatable bonds is 7. The number of fused-ring (bicyclic) bond motifs is 3. The number of aromatic nitrogens is 4. The third kappa shape index (κ3) is 3.05. The molecule has 0 aliphatic rings. The van der Waals surface area contributed by atoms with Gasteiger partial charge < -0.3 is 15.4 Å². The fourth-order valence-electron chi connectivity index (χ4n) is 2.67. The predicted molar refractivity (Wildman–Crippen MR) is 90.0 cm³/mol. The molecule has 7 heteroatoms. The largest absolute Gasteiger partial charge is 0.497 e. The lowest BCUT2D eigenvalue weighted by molar-refractivity contribution is -0.489. The molecule has 7 nitrogen and oxygen atoms in total. The van der Waals surface area contributed by atoms with Gasteiger partial charge in [-0.25, -0.2) is 4.98 Å². The molecule has 0 atom stereocenters. The van der Waals surface area contributed by atoms with Crippen molar-refractivity contribution < 1.29 is 9.14 Å². The van der Waals surface area contributed by atoms with E-state index in [-0.39, 0.29) is 0 Å². The average molecular weight is 315 g/mol. The monoisotopic (exact) mass is 315 g/mol. The molecule has 0 unspecified atom stereocenters. The molecule has 2 heterocycles. The second-order valence-electron chi connectivity index (χ2n) is 5.52. The van der Waals surface area contributed by atoms with Crippen LogP contribution in [0.5, 0.6) is 5.75 Å². The molecule has 0 amide bonds. The molecule has 3 aromatic rings. The number of benzene rings is 1. The van der Waals surface area contributed by atoms with Gasteiger partial charge in [-0.3, -0.25) is 0 Å². The summed E-state index contributed by atoms with van der Waals surface area (Å²) in [6, 6.07) is 5.88. The Labute approximate surface area is 135 Å². The standard InChI is InChI=1S/C16H22N6O/c1-11-20-21-16-15(18-9-5-4-8-17-2)19-13-7-6-12(23-3)10-14(13)22(11)16/h6-7,10,17H,4-5,8-9H2,1-3H3,(H,18,19)/p+1. The summed E-state index contributed by atoms with van der Waals surface area (Å²) in [5.74, 6) is 2.57. The number of aryl methyl sites for hydroxylation is 1. The molecule has 3 N–H and O–H groups in total. The van der Waals surface area contributed by atoms with E-state index in [1.807, 2.05) is 32.2 Å². The zero-order valence-corrected chi connectivity index (χ0v) is 13.8. The zero-order chi connectivity index (χ0) is 16.2. The van der Waals surface area contributed by atoms with E-state index >= 15 is 0 Å². The molecule has 0 aliphatic heterocycles. The van der Waals surface area contributed by atoms with Gasteiger partial charge in [0.15, 0.2) is 0 Å². The van der Waals surface area contributed by atoms with E-state index in [2.05, 4.69) is 25.2 Å². The lowest BCUT2D eigenvalue weighted by Gasteiger charge is -2.07. The quantitative estimate of drug-likeness (QED) is 0.454. The number of nitrogens with zero attached hydrogens (tertiary/aromatic N) is 3. The Morgan fingerprint density at radius 2 is 2.09 bits per heavy atom. The minimum absolute atomic E-state index is 0.802. The summed E-state index contributed by atoms with van der Waals surface area (Å²) in [7, 11) is 3.64. The highest BCUT2D eigenvalue weighted by Crippen LogP contribution is 2.20. The second-order valence-corrected chi connectivity index (χ2v) is 5.52. The van der Waals surface area contributed by atoms with Crippen molar-refractivity contribution in [2.24, 2.45) is 0 Å². The summed E-state index contributed by atoms with van der Waals surface area (Å²) in [6.07, 6.45) is 2.21. The van der Waals surface area contributed by atoms with Crippen LogP contribution in [0.2, 0.25) is 0 Å². The van der Waals surface area contributed by atoms with Crippen LogP contribution in [0, 0.1) is 6.92 Å². The number of anilines is 1. The Balaban J connectivity index is 1.97. The van der Waals surface area contributed by atoms with Crippen molar-refractivity contribution in [3.8, 4) is 5.75 Å². The van der Waals surface area contributed by atoms with Crippen LogP contribution in [0.25, 0.3) is 16.7 Å². The summed E-state index contributed by atoms with van der Waals surface area (Å²) >= 11 is 0. The number of methoxy groups -OCH3 is 1. The maximum Gasteiger partial charge on any atom is 0.349 e. The Morgan fingerprint density at radius 3 is 2.87 bits per heavy atom. The van der Waals surface area contributed by atoms with Gasteiger partial charge in [0.25, 0.3) is 0 Å². The molecule has 1 aromatic carbocycles. The van der Waals surface area contributed by atoms with E-state index in [0.29, 0.717) is 0 Å². The molecule has 0 fully saturated rings. The van der Waals surface area contributed by atoms with Gasteiger partial charge in [0.1, 0.15) is 16.8 Å². The van der Waals surface area contributed by atoms with E-state index in [0.717, 1.165) is 60.0 Å². The van der Waals surface area contributed by atoms with Crippen LogP contribution in [-0.2, 0) is 0 Å². The third-order valence-electron chi connectivity index (χ3n) is 3.88. The lowest BCUT2D eigenvalue weighted by Crippen LogP contribution is -2.26. The van der Waals surface area contributed by atoms with E-state index in [4.69, 9.17) is 9.72 Å². The fraction of sp³-hybridized carbons (Fsp3) is 0.438. The molecule has 23 heavy (non-hydrogen) atoms. The molecular weight excluding hydrogens is 292 g/mol. The highest BCUT2D eigenvalue weighted by molar-refractivity contribution is 5.78. The Hall–Kier alpha value is -2.41. The smallest absolute Gasteiger partial charge is 0.349 e. The van der Waals surface area contributed by atoms with Crippen molar-refractivity contribution in [3.05, 3.63) is 24.0 Å². The van der Waals surface area contributed by atoms with Gasteiger partial charge in [-0.05, 0) is 38.6 Å². The van der Waals surface area contributed by atoms with Crippen molar-refractivity contribution in [1.29, 1.82) is 0 Å². The first-order valence-corrected chi connectivity index (χ1v) is 7.87. The molecule has 0 radical (unpaired) electrons. The van der Waals surface area contributed by atoms with E-state index in [1.165, 1.54) is 0 Å². The Bertz CT molecular complexity index is 813. The summed E-state index contributed by atoms with van der Waals surface area (Å²) in [5, 5.41) is 14.0. The predicted octanol–water partition coefficient (Wildman–Crippen LogP) is 1.43. The minimum Gasteiger partial charge on any atom is -0.497 e. The van der Waals surface area contributed by atoms with E-state index < -0.39 is 0 Å². The number of H-pyrrole nitrogens is 1. The highest BCUT2D eigenvalue weighted by atomic mass is 16.5. The minimum atomic E-state index is 0.802. The van der Waals surface area contributed by atoms with Gasteiger partial charge in [0.2, 0.25) is 11.6 Å². The highest BCUT2D eigenvalue weighted by Gasteiger charge is 2.19. The molecule has 122 valence electrons. The Kier molecular flexibility index (Phi) is 4.57. The molecular formula is C16H23N6O+. The van der Waals surface area contributed by atoms with Gasteiger partial charge >= 0.3 is 5.65 Å². The van der Waals surface area contributed by atoms with Crippen molar-refractivity contribution in [3.63, 3.8) is 0 Å². The normalized spacial score (nSPS) is 11.3. The van der Waals surface area contributed by atoms with Crippen LogP contribution >= 0.6 is 0 Å². The number of hydrogen-bond acceptors (Lipinski definition) is 5. The van der Waals surface area contributed by atoms with Crippen LogP contribution in [-0.4, -0.2) is 42.4 Å². The number of aromatic amines is 1. The van der Waals surface area contributed by atoms with Gasteiger partial charge in [0, 0.05) is 24.6 Å². The number of hydrogen-bond donors (Lipinski definition) is 3. The topological polar surface area (TPSA) is 79.0 Å². The maximum absolute atomic E-state index is 5.33. The summed E-state index contributed by atoms with van der Waals surface area (Å²) in [4.78, 5) is 4.72. The van der Waals surface area contributed by atoms with E-state index in [1.54, 1.807) is 7.11 Å². The summed E-state index contributed by atoms with van der Waals surface area (Å²) < 4.78 is 7.40. The first-order chi connectivity index (χ1) is 11.2. The summed E-state index contributed by atoms with van der Waals surface area (Å²) in [6.45, 7) is 3.89. The van der Waals surface area contributed by atoms with Crippen LogP contribution in [0.4, 0.5) is 5.82 Å². The molecule has 0 saturated heterocycles. The number of nitrogens with one attached hydrogen (secondary N) is 3. The molecule has 2 aromatic heterocycles. The van der Waals surface area contributed by atoms with Crippen molar-refractivity contribution in [2.45, 2.75) is 19.8 Å². The van der Waals surface area contributed by atoms with Gasteiger partial charge in [-0.2, -0.15) is 4.40 Å². The van der Waals surface area contributed by atoms with E-state index in [9.17, 15) is 0 Å². The molecule has 0 saturated carbocycles. The second kappa shape index (κ2) is 6.78. The van der Waals surface area contributed by atoms with Crippen LogP contribution in [0.1, 0.15) is 18.7 Å². The van der Waals surface area contributed by atoms with Gasteiger partial charge in [-0.15, -0.1) is 5.10 Å². The molecule has 0 bridgehead atoms. The zero-order valence-electron chi connectivity index (χ0n) is 13.8. The van der Waals surface area contributed by atoms with Gasteiger partial charge in [0.05, 0.1) is 7.11 Å².